The Morgan fingerprint density at radius 2 is 2.05 bits per heavy atom. The number of rotatable bonds is 4. The van der Waals surface area contributed by atoms with Gasteiger partial charge in [0, 0.05) is 25.4 Å². The molecule has 1 aromatic rings. The number of halogens is 1. The molecule has 1 aliphatic rings. The molecule has 0 aromatic heterocycles. The molecule has 3 N–H and O–H groups in total. The van der Waals surface area contributed by atoms with Crippen molar-refractivity contribution in [2.75, 3.05) is 25.5 Å². The summed E-state index contributed by atoms with van der Waals surface area (Å²) in [6.45, 7) is 3.19. The summed E-state index contributed by atoms with van der Waals surface area (Å²) in [6, 6.07) is 2.30. The molecule has 112 valence electrons. The van der Waals surface area contributed by atoms with E-state index >= 15 is 0 Å². The fourth-order valence-electron chi connectivity index (χ4n) is 2.13. The number of anilines is 1. The summed E-state index contributed by atoms with van der Waals surface area (Å²) >= 11 is 0. The third-order valence-corrected chi connectivity index (χ3v) is 4.95. The van der Waals surface area contributed by atoms with E-state index in [4.69, 9.17) is 10.5 Å². The molecule has 0 aliphatic carbocycles. The molecule has 1 saturated heterocycles. The number of sulfonamides is 1. The molecule has 1 heterocycles. The van der Waals surface area contributed by atoms with Crippen molar-refractivity contribution in [1.29, 1.82) is 0 Å². The van der Waals surface area contributed by atoms with E-state index in [-0.39, 0.29) is 11.6 Å². The van der Waals surface area contributed by atoms with E-state index < -0.39 is 20.7 Å². The fraction of sp³-hybridized carbons (Fsp3) is 0.538. The van der Waals surface area contributed by atoms with Crippen molar-refractivity contribution in [2.24, 2.45) is 5.92 Å². The van der Waals surface area contributed by atoms with Gasteiger partial charge in [0.2, 0.25) is 10.0 Å². The Bertz CT molecular complexity index is 584. The van der Waals surface area contributed by atoms with Crippen LogP contribution in [0.1, 0.15) is 18.4 Å². The Morgan fingerprint density at radius 3 is 2.70 bits per heavy atom. The molecule has 0 radical (unpaired) electrons. The molecule has 0 saturated carbocycles. The lowest BCUT2D eigenvalue weighted by Crippen LogP contribution is -2.32. The average molecular weight is 302 g/mol. The van der Waals surface area contributed by atoms with Gasteiger partial charge in [0.05, 0.1) is 0 Å². The Kier molecular flexibility index (Phi) is 4.62. The second-order valence-electron chi connectivity index (χ2n) is 5.05. The van der Waals surface area contributed by atoms with Crippen LogP contribution >= 0.6 is 0 Å². The van der Waals surface area contributed by atoms with E-state index in [0.717, 1.165) is 25.0 Å². The Balaban J connectivity index is 2.11. The second-order valence-corrected chi connectivity index (χ2v) is 6.78. The van der Waals surface area contributed by atoms with Crippen molar-refractivity contribution in [1.82, 2.24) is 4.72 Å². The Morgan fingerprint density at radius 1 is 1.40 bits per heavy atom. The zero-order valence-electron chi connectivity index (χ0n) is 11.4. The minimum absolute atomic E-state index is 0.226. The topological polar surface area (TPSA) is 81.4 Å². The van der Waals surface area contributed by atoms with Crippen LogP contribution in [0, 0.1) is 18.7 Å². The van der Waals surface area contributed by atoms with Crippen LogP contribution in [0.4, 0.5) is 10.1 Å². The first-order chi connectivity index (χ1) is 9.40. The molecule has 1 fully saturated rings. The summed E-state index contributed by atoms with van der Waals surface area (Å²) in [5.41, 5.74) is 6.43. The summed E-state index contributed by atoms with van der Waals surface area (Å²) in [4.78, 5) is -0.396. The van der Waals surface area contributed by atoms with Crippen molar-refractivity contribution in [3.8, 4) is 0 Å². The van der Waals surface area contributed by atoms with Crippen molar-refractivity contribution >= 4 is 15.7 Å². The van der Waals surface area contributed by atoms with Crippen LogP contribution in [0.15, 0.2) is 17.0 Å². The van der Waals surface area contributed by atoms with Gasteiger partial charge in [-0.3, -0.25) is 0 Å². The first kappa shape index (κ1) is 15.2. The molecule has 0 atom stereocenters. The average Bonchev–Trinajstić information content (AvgIpc) is 2.42. The quantitative estimate of drug-likeness (QED) is 0.824. The van der Waals surface area contributed by atoms with Crippen LogP contribution in [-0.2, 0) is 14.8 Å². The zero-order chi connectivity index (χ0) is 14.8. The van der Waals surface area contributed by atoms with E-state index in [1.165, 1.54) is 0 Å². The number of nitrogen functional groups attached to an aromatic ring is 1. The summed E-state index contributed by atoms with van der Waals surface area (Å²) in [6.07, 6.45) is 1.61. The largest absolute Gasteiger partial charge is 0.398 e. The van der Waals surface area contributed by atoms with Crippen LogP contribution in [0.5, 0.6) is 0 Å². The highest BCUT2D eigenvalue weighted by atomic mass is 32.2. The SMILES string of the molecule is Cc1cc(F)c(S(=O)(=O)NCC2CCOCC2)cc1N. The fourth-order valence-corrected chi connectivity index (χ4v) is 3.34. The van der Waals surface area contributed by atoms with Crippen molar-refractivity contribution in [3.63, 3.8) is 0 Å². The van der Waals surface area contributed by atoms with Gasteiger partial charge < -0.3 is 10.5 Å². The van der Waals surface area contributed by atoms with Crippen LogP contribution in [0.25, 0.3) is 0 Å². The van der Waals surface area contributed by atoms with Gasteiger partial charge in [-0.05, 0) is 43.4 Å². The number of aryl methyl sites for hydroxylation is 1. The predicted octanol–water partition coefficient (Wildman–Crippen LogP) is 1.42. The maximum Gasteiger partial charge on any atom is 0.243 e. The second kappa shape index (κ2) is 6.07. The van der Waals surface area contributed by atoms with Gasteiger partial charge in [0.25, 0.3) is 0 Å². The van der Waals surface area contributed by atoms with Gasteiger partial charge in [-0.15, -0.1) is 0 Å². The molecule has 1 aliphatic heterocycles. The standard InChI is InChI=1S/C13H19FN2O3S/c1-9-6-11(14)13(7-12(9)15)20(17,18)16-8-10-2-4-19-5-3-10/h6-7,10,16H,2-5,8,15H2,1H3. The Hall–Kier alpha value is -1.18. The molecule has 2 rings (SSSR count). The molecule has 0 unspecified atom stereocenters. The van der Waals surface area contributed by atoms with Crippen LogP contribution in [0.2, 0.25) is 0 Å². The monoisotopic (exact) mass is 302 g/mol. The Labute approximate surface area is 118 Å². The lowest BCUT2D eigenvalue weighted by molar-refractivity contribution is 0.0678. The number of ether oxygens (including phenoxy) is 1. The first-order valence-electron chi connectivity index (χ1n) is 6.53. The maximum atomic E-state index is 13.8. The molecule has 0 bridgehead atoms. The van der Waals surface area contributed by atoms with Gasteiger partial charge in [-0.2, -0.15) is 0 Å². The smallest absolute Gasteiger partial charge is 0.243 e. The number of nitrogens with one attached hydrogen (secondary N) is 1. The number of benzene rings is 1. The molecule has 5 nitrogen and oxygen atoms in total. The van der Waals surface area contributed by atoms with E-state index in [9.17, 15) is 12.8 Å². The van der Waals surface area contributed by atoms with Gasteiger partial charge in [-0.25, -0.2) is 17.5 Å². The number of nitrogens with two attached hydrogens (primary N) is 1. The number of hydrogen-bond acceptors (Lipinski definition) is 4. The lowest BCUT2D eigenvalue weighted by atomic mass is 10.0. The normalized spacial score (nSPS) is 17.3. The highest BCUT2D eigenvalue weighted by molar-refractivity contribution is 7.89. The van der Waals surface area contributed by atoms with Crippen LogP contribution in [-0.4, -0.2) is 28.2 Å². The van der Waals surface area contributed by atoms with Gasteiger partial charge in [0.15, 0.2) is 0 Å². The molecular formula is C13H19FN2O3S. The van der Waals surface area contributed by atoms with E-state index in [1.54, 1.807) is 6.92 Å². The molecule has 20 heavy (non-hydrogen) atoms. The maximum absolute atomic E-state index is 13.8. The van der Waals surface area contributed by atoms with E-state index in [1.807, 2.05) is 0 Å². The van der Waals surface area contributed by atoms with E-state index in [2.05, 4.69) is 4.72 Å². The van der Waals surface area contributed by atoms with Crippen molar-refractivity contribution in [2.45, 2.75) is 24.7 Å². The summed E-state index contributed by atoms with van der Waals surface area (Å²) in [5.74, 6) is -0.555. The minimum Gasteiger partial charge on any atom is -0.398 e. The first-order valence-corrected chi connectivity index (χ1v) is 8.01. The van der Waals surface area contributed by atoms with Crippen molar-refractivity contribution < 1.29 is 17.5 Å². The van der Waals surface area contributed by atoms with Crippen molar-refractivity contribution in [3.05, 3.63) is 23.5 Å². The van der Waals surface area contributed by atoms with E-state index in [0.29, 0.717) is 25.3 Å². The highest BCUT2D eigenvalue weighted by Crippen LogP contribution is 2.22. The predicted molar refractivity (Wildman–Crippen MR) is 74.3 cm³/mol. The minimum atomic E-state index is -3.88. The molecule has 1 aromatic carbocycles. The van der Waals surface area contributed by atoms with Gasteiger partial charge >= 0.3 is 0 Å². The summed E-state index contributed by atoms with van der Waals surface area (Å²) in [5, 5.41) is 0. The molecular weight excluding hydrogens is 283 g/mol. The zero-order valence-corrected chi connectivity index (χ0v) is 12.2. The molecule has 0 spiro atoms. The van der Waals surface area contributed by atoms with Gasteiger partial charge in [-0.1, -0.05) is 0 Å². The van der Waals surface area contributed by atoms with Crippen LogP contribution < -0.4 is 10.5 Å². The summed E-state index contributed by atoms with van der Waals surface area (Å²) in [7, 11) is -3.88. The third kappa shape index (κ3) is 3.47. The van der Waals surface area contributed by atoms with Gasteiger partial charge in [0.1, 0.15) is 10.7 Å². The molecule has 7 heteroatoms. The van der Waals surface area contributed by atoms with Crippen LogP contribution in [0.3, 0.4) is 0 Å². The summed E-state index contributed by atoms with van der Waals surface area (Å²) < 4.78 is 45.7. The number of hydrogen-bond donors (Lipinski definition) is 2. The lowest BCUT2D eigenvalue weighted by Gasteiger charge is -2.22. The molecule has 0 amide bonds. The highest BCUT2D eigenvalue weighted by Gasteiger charge is 2.22. The third-order valence-electron chi connectivity index (χ3n) is 3.51.